The third kappa shape index (κ3) is 4.33. The molecule has 0 atom stereocenters. The summed E-state index contributed by atoms with van der Waals surface area (Å²) in [6, 6.07) is 2.36. The lowest BCUT2D eigenvalue weighted by Crippen LogP contribution is -2.41. The number of nitrogens with one attached hydrogen (secondary N) is 1. The van der Waals surface area contributed by atoms with Gasteiger partial charge in [-0.3, -0.25) is 4.79 Å². The average molecular weight is 343 g/mol. The molecule has 0 aliphatic carbocycles. The summed E-state index contributed by atoms with van der Waals surface area (Å²) >= 11 is 0. The molecule has 3 nitrogen and oxygen atoms in total. The van der Waals surface area contributed by atoms with Crippen LogP contribution in [0, 0.1) is 11.2 Å². The van der Waals surface area contributed by atoms with Gasteiger partial charge in [-0.25, -0.2) is 4.39 Å². The molecule has 3 N–H and O–H groups in total. The Hall–Kier alpha value is -1.34. The van der Waals surface area contributed by atoms with Gasteiger partial charge in [-0.15, -0.1) is 12.4 Å². The number of carbonyl (C=O) groups is 1. The van der Waals surface area contributed by atoms with Gasteiger partial charge in [0.1, 0.15) is 5.82 Å². The molecule has 1 aromatic carbocycles. The molecule has 0 aliphatic heterocycles. The van der Waals surface area contributed by atoms with Gasteiger partial charge in [-0.05, 0) is 31.0 Å². The highest BCUT2D eigenvalue weighted by Gasteiger charge is 2.36. The monoisotopic (exact) mass is 342 g/mol. The number of anilines is 1. The fourth-order valence-electron chi connectivity index (χ4n) is 2.04. The summed E-state index contributed by atoms with van der Waals surface area (Å²) in [4.78, 5) is 12.2. The predicted molar refractivity (Wildman–Crippen MR) is 79.3 cm³/mol. The summed E-state index contributed by atoms with van der Waals surface area (Å²) in [7, 11) is 0. The lowest BCUT2D eigenvalue weighted by Gasteiger charge is -2.28. The van der Waals surface area contributed by atoms with Crippen molar-refractivity contribution in [3.63, 3.8) is 0 Å². The van der Waals surface area contributed by atoms with E-state index in [1.54, 1.807) is 13.8 Å². The van der Waals surface area contributed by atoms with E-state index in [1.807, 2.05) is 0 Å². The van der Waals surface area contributed by atoms with Crippen molar-refractivity contribution in [3.05, 3.63) is 29.6 Å². The molecule has 0 unspecified atom stereocenters. The van der Waals surface area contributed by atoms with E-state index in [0.717, 1.165) is 6.07 Å². The number of rotatable bonds is 5. The van der Waals surface area contributed by atoms with Crippen molar-refractivity contribution >= 4 is 24.0 Å². The number of hydrogen-bond acceptors (Lipinski definition) is 2. The maximum atomic E-state index is 13.2. The quantitative estimate of drug-likeness (QED) is 0.795. The first-order valence-corrected chi connectivity index (χ1v) is 6.58. The van der Waals surface area contributed by atoms with Gasteiger partial charge < -0.3 is 11.1 Å². The molecule has 0 radical (unpaired) electrons. The van der Waals surface area contributed by atoms with E-state index in [9.17, 15) is 22.4 Å². The van der Waals surface area contributed by atoms with Crippen LogP contribution in [0.4, 0.5) is 23.2 Å². The van der Waals surface area contributed by atoms with Gasteiger partial charge in [0.2, 0.25) is 5.91 Å². The molecular weight excluding hydrogens is 324 g/mol. The van der Waals surface area contributed by atoms with Crippen molar-refractivity contribution in [3.8, 4) is 0 Å². The molecule has 0 saturated carbocycles. The van der Waals surface area contributed by atoms with Gasteiger partial charge in [0.15, 0.2) is 0 Å². The van der Waals surface area contributed by atoms with Crippen LogP contribution in [0.15, 0.2) is 18.2 Å². The van der Waals surface area contributed by atoms with E-state index in [0.29, 0.717) is 25.0 Å². The van der Waals surface area contributed by atoms with Crippen LogP contribution in [-0.2, 0) is 11.0 Å². The van der Waals surface area contributed by atoms with Crippen molar-refractivity contribution in [2.45, 2.75) is 32.9 Å². The predicted octanol–water partition coefficient (Wildman–Crippen LogP) is 3.97. The Morgan fingerprint density at radius 3 is 2.18 bits per heavy atom. The van der Waals surface area contributed by atoms with E-state index in [1.165, 1.54) is 0 Å². The second-order valence-electron chi connectivity index (χ2n) is 4.84. The van der Waals surface area contributed by atoms with Gasteiger partial charge in [0, 0.05) is 12.2 Å². The number of halogens is 5. The Morgan fingerprint density at radius 1 is 1.23 bits per heavy atom. The topological polar surface area (TPSA) is 55.1 Å². The van der Waals surface area contributed by atoms with Crippen LogP contribution in [0.5, 0.6) is 0 Å². The maximum Gasteiger partial charge on any atom is 0.419 e. The average Bonchev–Trinajstić information content (AvgIpc) is 2.42. The minimum absolute atomic E-state index is 0. The summed E-state index contributed by atoms with van der Waals surface area (Å²) < 4.78 is 51.1. The van der Waals surface area contributed by atoms with Crippen molar-refractivity contribution in [2.24, 2.45) is 11.1 Å². The summed E-state index contributed by atoms with van der Waals surface area (Å²) in [5, 5.41) is 2.39. The van der Waals surface area contributed by atoms with Crippen molar-refractivity contribution in [2.75, 3.05) is 11.9 Å². The van der Waals surface area contributed by atoms with Crippen LogP contribution in [0.2, 0.25) is 0 Å². The van der Waals surface area contributed by atoms with Crippen LogP contribution >= 0.6 is 12.4 Å². The summed E-state index contributed by atoms with van der Waals surface area (Å²) in [6.45, 7) is 3.64. The molecule has 0 heterocycles. The number of hydrogen-bond donors (Lipinski definition) is 2. The number of nitrogens with two attached hydrogens (primary N) is 1. The molecule has 1 amide bonds. The minimum Gasteiger partial charge on any atom is -0.329 e. The Morgan fingerprint density at radius 2 is 1.77 bits per heavy atom. The number of benzene rings is 1. The standard InChI is InChI=1S/C14H18F4N2O.ClH/c1-3-13(4-2,8-19)12(21)20-9-5-6-11(15)10(7-9)14(16,17)18;/h5-7H,3-4,8,19H2,1-2H3,(H,20,21);1H. The number of amides is 1. The van der Waals surface area contributed by atoms with Gasteiger partial charge in [-0.2, -0.15) is 13.2 Å². The number of carbonyl (C=O) groups excluding carboxylic acids is 1. The molecular formula is C14H19ClF4N2O. The van der Waals surface area contributed by atoms with E-state index in [2.05, 4.69) is 5.32 Å². The molecule has 0 aliphatic rings. The van der Waals surface area contributed by atoms with Gasteiger partial charge in [0.05, 0.1) is 11.0 Å². The maximum absolute atomic E-state index is 13.2. The fourth-order valence-corrected chi connectivity index (χ4v) is 2.04. The van der Waals surface area contributed by atoms with Crippen LogP contribution < -0.4 is 11.1 Å². The normalized spacial score (nSPS) is 11.8. The Kier molecular flexibility index (Phi) is 7.31. The summed E-state index contributed by atoms with van der Waals surface area (Å²) in [5.41, 5.74) is 3.25. The minimum atomic E-state index is -4.81. The zero-order chi connectivity index (χ0) is 16.3. The Bertz CT molecular complexity index is 508. The third-order valence-corrected chi connectivity index (χ3v) is 3.76. The summed E-state index contributed by atoms with van der Waals surface area (Å²) in [5.74, 6) is -1.84. The number of alkyl halides is 3. The highest BCUT2D eigenvalue weighted by atomic mass is 35.5. The van der Waals surface area contributed by atoms with Gasteiger partial charge in [-0.1, -0.05) is 13.8 Å². The van der Waals surface area contributed by atoms with Crippen molar-refractivity contribution in [1.29, 1.82) is 0 Å². The molecule has 126 valence electrons. The highest BCUT2D eigenvalue weighted by molar-refractivity contribution is 5.95. The molecule has 22 heavy (non-hydrogen) atoms. The first-order chi connectivity index (χ1) is 9.70. The van der Waals surface area contributed by atoms with E-state index in [4.69, 9.17) is 5.73 Å². The fraction of sp³-hybridized carbons (Fsp3) is 0.500. The van der Waals surface area contributed by atoms with Crippen LogP contribution in [0.1, 0.15) is 32.3 Å². The zero-order valence-corrected chi connectivity index (χ0v) is 13.1. The molecule has 0 saturated heterocycles. The zero-order valence-electron chi connectivity index (χ0n) is 12.3. The Balaban J connectivity index is 0.00000441. The van der Waals surface area contributed by atoms with Crippen molar-refractivity contribution in [1.82, 2.24) is 0 Å². The molecule has 8 heteroatoms. The first kappa shape index (κ1) is 20.7. The molecule has 1 aromatic rings. The van der Waals surface area contributed by atoms with Gasteiger partial charge >= 0.3 is 6.18 Å². The van der Waals surface area contributed by atoms with Crippen molar-refractivity contribution < 1.29 is 22.4 Å². The lowest BCUT2D eigenvalue weighted by molar-refractivity contribution is -0.140. The second-order valence-corrected chi connectivity index (χ2v) is 4.84. The third-order valence-electron chi connectivity index (χ3n) is 3.76. The molecule has 0 bridgehead atoms. The van der Waals surface area contributed by atoms with Crippen LogP contribution in [0.3, 0.4) is 0 Å². The molecule has 0 aromatic heterocycles. The molecule has 1 rings (SSSR count). The van der Waals surface area contributed by atoms with E-state index < -0.39 is 28.9 Å². The molecule has 0 spiro atoms. The first-order valence-electron chi connectivity index (χ1n) is 6.58. The van der Waals surface area contributed by atoms with E-state index in [-0.39, 0.29) is 24.6 Å². The largest absolute Gasteiger partial charge is 0.419 e. The van der Waals surface area contributed by atoms with Crippen LogP contribution in [-0.4, -0.2) is 12.5 Å². The lowest BCUT2D eigenvalue weighted by atomic mass is 9.81. The smallest absolute Gasteiger partial charge is 0.329 e. The summed E-state index contributed by atoms with van der Waals surface area (Å²) in [6.07, 6.45) is -3.90. The second kappa shape index (κ2) is 7.78. The molecule has 0 fully saturated rings. The van der Waals surface area contributed by atoms with Gasteiger partial charge in [0.25, 0.3) is 0 Å². The highest BCUT2D eigenvalue weighted by Crippen LogP contribution is 2.34. The van der Waals surface area contributed by atoms with Crippen LogP contribution in [0.25, 0.3) is 0 Å². The Labute approximate surface area is 132 Å². The van der Waals surface area contributed by atoms with E-state index >= 15 is 0 Å². The SMILES string of the molecule is CCC(CC)(CN)C(=O)Nc1ccc(F)c(C(F)(F)F)c1.Cl.